The summed E-state index contributed by atoms with van der Waals surface area (Å²) in [6.07, 6.45) is 0. The van der Waals surface area contributed by atoms with Gasteiger partial charge in [0, 0.05) is 13.0 Å². The largest absolute Gasteiger partial charge is 1.00 e. The fourth-order valence-electron chi connectivity index (χ4n) is 2.53. The molecule has 0 aliphatic carbocycles. The number of hydrogen-bond donors (Lipinski definition) is 1. The van der Waals surface area contributed by atoms with Crippen molar-refractivity contribution in [2.24, 2.45) is 0 Å². The van der Waals surface area contributed by atoms with Crippen LogP contribution in [0.2, 0.25) is 0 Å². The minimum Gasteiger partial charge on any atom is -1.00 e. The average molecular weight is 409 g/mol. The molecule has 5 nitrogen and oxygen atoms in total. The number of hydrogen-bond acceptors (Lipinski definition) is 2. The van der Waals surface area contributed by atoms with E-state index in [-0.39, 0.29) is 24.0 Å². The summed E-state index contributed by atoms with van der Waals surface area (Å²) < 4.78 is 30.4. The Balaban J connectivity index is 0.00000200. The standard InChI is InChI=1S/C13H20N3O2S.HI/c1-5-15-10(3)16(6-2)13-9-11(7-8-12(13)15)19(17,18)14-4;/h7-9,14H,5-6H2,1-4H3;1H/q+1;/p-1. The maximum absolute atomic E-state index is 11.9. The molecule has 7 heteroatoms. The topological polar surface area (TPSA) is 55.0 Å². The number of nitrogens with one attached hydrogen (secondary N) is 1. The van der Waals surface area contributed by atoms with Gasteiger partial charge >= 0.3 is 0 Å². The molecule has 1 aromatic heterocycles. The lowest BCUT2D eigenvalue weighted by Gasteiger charge is -2.01. The molecule has 1 N–H and O–H groups in total. The molecule has 2 aromatic rings. The fourth-order valence-corrected chi connectivity index (χ4v) is 3.28. The van der Waals surface area contributed by atoms with Gasteiger partial charge < -0.3 is 24.0 Å². The second-order valence-corrected chi connectivity index (χ2v) is 6.28. The molecule has 0 spiro atoms. The van der Waals surface area contributed by atoms with Crippen molar-refractivity contribution in [3.63, 3.8) is 0 Å². The number of imidazole rings is 1. The second-order valence-electron chi connectivity index (χ2n) is 4.39. The quantitative estimate of drug-likeness (QED) is 0.478. The highest BCUT2D eigenvalue weighted by atomic mass is 127. The minimum atomic E-state index is -3.40. The van der Waals surface area contributed by atoms with Crippen molar-refractivity contribution >= 4 is 21.1 Å². The van der Waals surface area contributed by atoms with E-state index in [0.29, 0.717) is 4.90 Å². The monoisotopic (exact) mass is 409 g/mol. The lowest BCUT2D eigenvalue weighted by molar-refractivity contribution is -0.674. The highest BCUT2D eigenvalue weighted by Crippen LogP contribution is 2.19. The van der Waals surface area contributed by atoms with Crippen molar-refractivity contribution < 1.29 is 37.0 Å². The molecular weight excluding hydrogens is 389 g/mol. The Morgan fingerprint density at radius 2 is 1.95 bits per heavy atom. The molecule has 0 aliphatic rings. The molecule has 0 amide bonds. The third-order valence-corrected chi connectivity index (χ3v) is 4.93. The lowest BCUT2D eigenvalue weighted by atomic mass is 10.3. The van der Waals surface area contributed by atoms with E-state index >= 15 is 0 Å². The van der Waals surface area contributed by atoms with Crippen LogP contribution in [0.15, 0.2) is 23.1 Å². The van der Waals surface area contributed by atoms with Gasteiger partial charge in [0.1, 0.15) is 0 Å². The first-order valence-electron chi connectivity index (χ1n) is 6.42. The zero-order chi connectivity index (χ0) is 14.2. The van der Waals surface area contributed by atoms with Crippen LogP contribution >= 0.6 is 0 Å². The molecule has 0 radical (unpaired) electrons. The Bertz CT molecular complexity index is 723. The molecule has 0 unspecified atom stereocenters. The normalized spacial score (nSPS) is 11.6. The first kappa shape index (κ1) is 17.4. The number of halogens is 1. The Hall–Kier alpha value is -0.670. The van der Waals surface area contributed by atoms with Gasteiger partial charge in [-0.1, -0.05) is 0 Å². The molecular formula is C13H20IN3O2S. The van der Waals surface area contributed by atoms with E-state index in [9.17, 15) is 8.42 Å². The van der Waals surface area contributed by atoms with Gasteiger partial charge in [0.2, 0.25) is 10.0 Å². The molecule has 0 saturated heterocycles. The van der Waals surface area contributed by atoms with Crippen LogP contribution in [0.4, 0.5) is 0 Å². The van der Waals surface area contributed by atoms with E-state index in [2.05, 4.69) is 34.6 Å². The molecule has 1 heterocycles. The number of nitrogens with zero attached hydrogens (tertiary/aromatic N) is 2. The second kappa shape index (κ2) is 6.40. The van der Waals surface area contributed by atoms with Crippen LogP contribution in [-0.2, 0) is 23.1 Å². The van der Waals surface area contributed by atoms with E-state index in [0.717, 1.165) is 29.9 Å². The maximum Gasteiger partial charge on any atom is 0.254 e. The average Bonchev–Trinajstić information content (AvgIpc) is 2.68. The van der Waals surface area contributed by atoms with E-state index in [1.807, 2.05) is 6.07 Å². The van der Waals surface area contributed by atoms with Crippen LogP contribution in [0.1, 0.15) is 19.7 Å². The summed E-state index contributed by atoms with van der Waals surface area (Å²) in [6, 6.07) is 5.27. The number of rotatable bonds is 4. The number of benzene rings is 1. The molecule has 1 aromatic carbocycles. The summed E-state index contributed by atoms with van der Waals surface area (Å²) in [4.78, 5) is 0.304. The number of fused-ring (bicyclic) bond motifs is 1. The fraction of sp³-hybridized carbons (Fsp3) is 0.462. The van der Waals surface area contributed by atoms with Crippen LogP contribution in [-0.4, -0.2) is 20.0 Å². The van der Waals surface area contributed by atoms with Gasteiger partial charge in [-0.25, -0.2) is 22.3 Å². The van der Waals surface area contributed by atoms with Crippen LogP contribution < -0.4 is 33.3 Å². The molecule has 0 atom stereocenters. The van der Waals surface area contributed by atoms with Crippen molar-refractivity contribution in [2.45, 2.75) is 38.8 Å². The maximum atomic E-state index is 11.9. The zero-order valence-corrected chi connectivity index (χ0v) is 15.1. The summed E-state index contributed by atoms with van der Waals surface area (Å²) in [5.41, 5.74) is 2.02. The van der Waals surface area contributed by atoms with Crippen molar-refractivity contribution in [3.05, 3.63) is 24.0 Å². The van der Waals surface area contributed by atoms with E-state index in [4.69, 9.17) is 0 Å². The Kier molecular flexibility index (Phi) is 5.56. The van der Waals surface area contributed by atoms with Gasteiger partial charge in [-0.2, -0.15) is 0 Å². The molecule has 112 valence electrons. The van der Waals surface area contributed by atoms with Crippen molar-refractivity contribution in [1.82, 2.24) is 9.29 Å². The smallest absolute Gasteiger partial charge is 0.254 e. The Morgan fingerprint density at radius 3 is 2.45 bits per heavy atom. The zero-order valence-electron chi connectivity index (χ0n) is 12.1. The first-order valence-corrected chi connectivity index (χ1v) is 7.90. The molecule has 0 bridgehead atoms. The molecule has 0 aliphatic heterocycles. The minimum absolute atomic E-state index is 0. The van der Waals surface area contributed by atoms with Gasteiger partial charge in [0.25, 0.3) is 5.82 Å². The third-order valence-electron chi connectivity index (χ3n) is 3.52. The van der Waals surface area contributed by atoms with Gasteiger partial charge in [0.15, 0.2) is 11.0 Å². The van der Waals surface area contributed by atoms with Crippen molar-refractivity contribution in [2.75, 3.05) is 7.05 Å². The highest BCUT2D eigenvalue weighted by Gasteiger charge is 2.22. The van der Waals surface area contributed by atoms with Crippen LogP contribution in [0.5, 0.6) is 0 Å². The number of aromatic nitrogens is 2. The predicted molar refractivity (Wildman–Crippen MR) is 74.5 cm³/mol. The third kappa shape index (κ3) is 2.71. The van der Waals surface area contributed by atoms with E-state index < -0.39 is 10.0 Å². The summed E-state index contributed by atoms with van der Waals surface area (Å²) in [7, 11) is -1.97. The number of sulfonamides is 1. The predicted octanol–water partition coefficient (Wildman–Crippen LogP) is -1.81. The molecule has 0 saturated carbocycles. The van der Waals surface area contributed by atoms with E-state index in [1.54, 1.807) is 12.1 Å². The van der Waals surface area contributed by atoms with Crippen LogP contribution in [0.25, 0.3) is 11.0 Å². The van der Waals surface area contributed by atoms with Crippen LogP contribution in [0.3, 0.4) is 0 Å². The van der Waals surface area contributed by atoms with Gasteiger partial charge in [-0.15, -0.1) is 0 Å². The van der Waals surface area contributed by atoms with E-state index in [1.165, 1.54) is 7.05 Å². The summed E-state index contributed by atoms with van der Waals surface area (Å²) >= 11 is 0. The van der Waals surface area contributed by atoms with Gasteiger partial charge in [0.05, 0.1) is 18.0 Å². The van der Waals surface area contributed by atoms with Crippen LogP contribution in [0, 0.1) is 6.92 Å². The molecule has 20 heavy (non-hydrogen) atoms. The lowest BCUT2D eigenvalue weighted by Crippen LogP contribution is -3.00. The van der Waals surface area contributed by atoms with Gasteiger partial charge in [-0.05, 0) is 33.0 Å². The molecule has 2 rings (SSSR count). The summed E-state index contributed by atoms with van der Waals surface area (Å²) in [5, 5.41) is 0. The Labute approximate surface area is 137 Å². The summed E-state index contributed by atoms with van der Waals surface area (Å²) in [5.74, 6) is 1.14. The SMILES string of the molecule is CCn1c(C)[n+](CC)c2ccc(S(=O)(=O)NC)cc21.[I-]. The first-order chi connectivity index (χ1) is 8.96. The Morgan fingerprint density at radius 1 is 1.30 bits per heavy atom. The van der Waals surface area contributed by atoms with Crippen molar-refractivity contribution in [3.8, 4) is 0 Å². The molecule has 0 fully saturated rings. The number of aryl methyl sites for hydroxylation is 2. The van der Waals surface area contributed by atoms with Crippen molar-refractivity contribution in [1.29, 1.82) is 0 Å². The highest BCUT2D eigenvalue weighted by molar-refractivity contribution is 7.89. The summed E-state index contributed by atoms with van der Waals surface area (Å²) in [6.45, 7) is 7.89. The van der Waals surface area contributed by atoms with Gasteiger partial charge in [-0.3, -0.25) is 0 Å².